The third-order valence-electron chi connectivity index (χ3n) is 3.48. The molecule has 1 atom stereocenters. The van der Waals surface area contributed by atoms with Crippen LogP contribution in [0.1, 0.15) is 42.8 Å². The van der Waals surface area contributed by atoms with Crippen LogP contribution in [0.4, 0.5) is 0 Å². The molecular weight excluding hydrogens is 224 g/mol. The Hall–Kier alpha value is -0.870. The Labute approximate surface area is 111 Å². The summed E-state index contributed by atoms with van der Waals surface area (Å²) in [6.45, 7) is 8.69. The summed E-state index contributed by atoms with van der Waals surface area (Å²) in [7, 11) is 6.26. The van der Waals surface area contributed by atoms with E-state index in [-0.39, 0.29) is 0 Å². The van der Waals surface area contributed by atoms with E-state index in [1.165, 1.54) is 30.6 Å². The predicted molar refractivity (Wildman–Crippen MR) is 76.9 cm³/mol. The molecule has 104 valence electrons. The largest absolute Gasteiger partial charge is 0.310 e. The molecule has 0 aliphatic rings. The van der Waals surface area contributed by atoms with E-state index in [4.69, 9.17) is 0 Å². The van der Waals surface area contributed by atoms with Gasteiger partial charge in [0.05, 0.1) is 5.69 Å². The first-order valence-electron chi connectivity index (χ1n) is 6.81. The summed E-state index contributed by atoms with van der Waals surface area (Å²) in [6, 6.07) is 0.387. The number of aromatic nitrogens is 2. The van der Waals surface area contributed by atoms with E-state index < -0.39 is 0 Å². The van der Waals surface area contributed by atoms with Crippen molar-refractivity contribution in [1.82, 2.24) is 20.0 Å². The average Bonchev–Trinajstić information content (AvgIpc) is 2.52. The van der Waals surface area contributed by atoms with E-state index in [1.54, 1.807) is 0 Å². The van der Waals surface area contributed by atoms with Crippen molar-refractivity contribution >= 4 is 0 Å². The van der Waals surface area contributed by atoms with Crippen LogP contribution in [0.5, 0.6) is 0 Å². The molecule has 0 spiro atoms. The van der Waals surface area contributed by atoms with E-state index in [1.807, 2.05) is 11.7 Å². The second-order valence-corrected chi connectivity index (χ2v) is 5.39. The summed E-state index contributed by atoms with van der Waals surface area (Å²) in [5.74, 6) is 0. The standard InChI is InChI=1S/C14H28N4/c1-11(15-9-7-8-10-17(4)5)14-12(2)16-18(6)13(14)3/h11,15H,7-10H2,1-6H3. The fourth-order valence-corrected chi connectivity index (χ4v) is 2.39. The molecule has 0 aliphatic carbocycles. The molecule has 1 aromatic rings. The minimum atomic E-state index is 0.387. The zero-order valence-corrected chi connectivity index (χ0v) is 12.7. The maximum atomic E-state index is 4.47. The first-order valence-corrected chi connectivity index (χ1v) is 6.81. The summed E-state index contributed by atoms with van der Waals surface area (Å²) < 4.78 is 1.97. The van der Waals surface area contributed by atoms with Gasteiger partial charge in [-0.3, -0.25) is 4.68 Å². The van der Waals surface area contributed by atoms with Gasteiger partial charge in [-0.25, -0.2) is 0 Å². The monoisotopic (exact) mass is 252 g/mol. The van der Waals surface area contributed by atoms with E-state index in [2.05, 4.69) is 50.2 Å². The smallest absolute Gasteiger partial charge is 0.0644 e. The molecule has 4 nitrogen and oxygen atoms in total. The van der Waals surface area contributed by atoms with Gasteiger partial charge in [-0.05, 0) is 60.8 Å². The van der Waals surface area contributed by atoms with Gasteiger partial charge in [0, 0.05) is 24.3 Å². The van der Waals surface area contributed by atoms with Crippen LogP contribution < -0.4 is 5.32 Å². The van der Waals surface area contributed by atoms with Gasteiger partial charge >= 0.3 is 0 Å². The number of nitrogens with zero attached hydrogens (tertiary/aromatic N) is 3. The normalized spacial score (nSPS) is 13.3. The maximum absolute atomic E-state index is 4.47. The summed E-state index contributed by atoms with van der Waals surface area (Å²) in [5, 5.41) is 8.07. The Balaban J connectivity index is 2.39. The molecule has 0 saturated heterocycles. The van der Waals surface area contributed by atoms with Crippen LogP contribution in [0.15, 0.2) is 0 Å². The van der Waals surface area contributed by atoms with Crippen molar-refractivity contribution in [2.24, 2.45) is 7.05 Å². The van der Waals surface area contributed by atoms with Crippen molar-refractivity contribution in [2.45, 2.75) is 39.7 Å². The number of hydrogen-bond donors (Lipinski definition) is 1. The van der Waals surface area contributed by atoms with Crippen LogP contribution in [0, 0.1) is 13.8 Å². The van der Waals surface area contributed by atoms with Gasteiger partial charge in [0.15, 0.2) is 0 Å². The fraction of sp³-hybridized carbons (Fsp3) is 0.786. The van der Waals surface area contributed by atoms with Gasteiger partial charge in [0.1, 0.15) is 0 Å². The van der Waals surface area contributed by atoms with E-state index in [0.29, 0.717) is 6.04 Å². The highest BCUT2D eigenvalue weighted by Crippen LogP contribution is 2.20. The van der Waals surface area contributed by atoms with E-state index >= 15 is 0 Å². The van der Waals surface area contributed by atoms with Gasteiger partial charge < -0.3 is 10.2 Å². The highest BCUT2D eigenvalue weighted by Gasteiger charge is 2.15. The molecule has 1 aromatic heterocycles. The first-order chi connectivity index (χ1) is 8.43. The van der Waals surface area contributed by atoms with Crippen molar-refractivity contribution in [3.05, 3.63) is 17.0 Å². The van der Waals surface area contributed by atoms with Crippen LogP contribution in [-0.4, -0.2) is 41.9 Å². The van der Waals surface area contributed by atoms with Gasteiger partial charge in [-0.2, -0.15) is 5.10 Å². The molecule has 0 aliphatic heterocycles. The van der Waals surface area contributed by atoms with Crippen molar-refractivity contribution in [3.63, 3.8) is 0 Å². The van der Waals surface area contributed by atoms with Crippen LogP contribution in [0.25, 0.3) is 0 Å². The summed E-state index contributed by atoms with van der Waals surface area (Å²) >= 11 is 0. The first kappa shape index (κ1) is 15.2. The molecule has 0 fully saturated rings. The summed E-state index contributed by atoms with van der Waals surface area (Å²) in [5.41, 5.74) is 3.76. The van der Waals surface area contributed by atoms with Crippen LogP contribution >= 0.6 is 0 Å². The van der Waals surface area contributed by atoms with Crippen LogP contribution in [0.2, 0.25) is 0 Å². The van der Waals surface area contributed by atoms with E-state index in [9.17, 15) is 0 Å². The molecule has 4 heteroatoms. The molecule has 18 heavy (non-hydrogen) atoms. The molecule has 1 N–H and O–H groups in total. The van der Waals surface area contributed by atoms with Crippen LogP contribution in [-0.2, 0) is 7.05 Å². The topological polar surface area (TPSA) is 33.1 Å². The molecule has 0 bridgehead atoms. The van der Waals surface area contributed by atoms with Crippen molar-refractivity contribution in [1.29, 1.82) is 0 Å². The lowest BCUT2D eigenvalue weighted by Crippen LogP contribution is -2.22. The number of unbranched alkanes of at least 4 members (excludes halogenated alkanes) is 1. The molecule has 0 amide bonds. The second-order valence-electron chi connectivity index (χ2n) is 5.39. The lowest BCUT2D eigenvalue weighted by Gasteiger charge is -2.15. The molecule has 0 radical (unpaired) electrons. The minimum absolute atomic E-state index is 0.387. The SMILES string of the molecule is Cc1nn(C)c(C)c1C(C)NCCCCN(C)C. The number of nitrogens with one attached hydrogen (secondary N) is 1. The van der Waals surface area contributed by atoms with E-state index in [0.717, 1.165) is 12.2 Å². The third kappa shape index (κ3) is 4.10. The zero-order chi connectivity index (χ0) is 13.7. The van der Waals surface area contributed by atoms with Crippen molar-refractivity contribution < 1.29 is 0 Å². The summed E-state index contributed by atoms with van der Waals surface area (Å²) in [4.78, 5) is 2.23. The van der Waals surface area contributed by atoms with Crippen molar-refractivity contribution in [3.8, 4) is 0 Å². The lowest BCUT2D eigenvalue weighted by molar-refractivity contribution is 0.389. The molecular formula is C14H28N4. The molecule has 0 aromatic carbocycles. The number of hydrogen-bond acceptors (Lipinski definition) is 3. The van der Waals surface area contributed by atoms with Gasteiger partial charge in [-0.1, -0.05) is 0 Å². The number of aryl methyl sites for hydroxylation is 2. The van der Waals surface area contributed by atoms with Gasteiger partial charge in [0.2, 0.25) is 0 Å². The second kappa shape index (κ2) is 6.90. The van der Waals surface area contributed by atoms with Crippen LogP contribution in [0.3, 0.4) is 0 Å². The average molecular weight is 252 g/mol. The Kier molecular flexibility index (Phi) is 5.82. The Morgan fingerprint density at radius 3 is 2.44 bits per heavy atom. The fourth-order valence-electron chi connectivity index (χ4n) is 2.39. The number of rotatable bonds is 7. The molecule has 0 saturated carbocycles. The lowest BCUT2D eigenvalue weighted by atomic mass is 10.1. The Morgan fingerprint density at radius 2 is 1.94 bits per heavy atom. The minimum Gasteiger partial charge on any atom is -0.310 e. The van der Waals surface area contributed by atoms with Gasteiger partial charge in [0.25, 0.3) is 0 Å². The zero-order valence-electron chi connectivity index (χ0n) is 12.7. The maximum Gasteiger partial charge on any atom is 0.0644 e. The Bertz CT molecular complexity index is 368. The molecule has 1 rings (SSSR count). The quantitative estimate of drug-likeness (QED) is 0.754. The summed E-state index contributed by atoms with van der Waals surface area (Å²) in [6.07, 6.45) is 2.47. The Morgan fingerprint density at radius 1 is 1.28 bits per heavy atom. The van der Waals surface area contributed by atoms with Gasteiger partial charge in [-0.15, -0.1) is 0 Å². The molecule has 1 heterocycles. The third-order valence-corrected chi connectivity index (χ3v) is 3.48. The molecule has 1 unspecified atom stereocenters. The highest BCUT2D eigenvalue weighted by molar-refractivity contribution is 5.27. The predicted octanol–water partition coefficient (Wildman–Crippen LogP) is 2.03. The van der Waals surface area contributed by atoms with Crippen molar-refractivity contribution in [2.75, 3.05) is 27.2 Å². The highest BCUT2D eigenvalue weighted by atomic mass is 15.3.